The number of rotatable bonds is 5. The molecular formula is C17H22Br2N2O5. The lowest BCUT2D eigenvalue weighted by atomic mass is 9.93. The van der Waals surface area contributed by atoms with Gasteiger partial charge in [-0.3, -0.25) is 0 Å². The number of nitrogens with two attached hydrogens (primary N) is 1. The molecule has 0 radical (unpaired) electrons. The molecule has 1 aliphatic rings. The van der Waals surface area contributed by atoms with Gasteiger partial charge in [0.15, 0.2) is 0 Å². The Labute approximate surface area is 168 Å². The van der Waals surface area contributed by atoms with Gasteiger partial charge in [-0.25, -0.2) is 9.59 Å². The van der Waals surface area contributed by atoms with Gasteiger partial charge in [-0.05, 0) is 59.3 Å². The Bertz CT molecular complexity index is 643. The van der Waals surface area contributed by atoms with Crippen LogP contribution in [-0.2, 0) is 16.1 Å². The largest absolute Gasteiger partial charge is 0.478 e. The van der Waals surface area contributed by atoms with Crippen LogP contribution in [0.25, 0.3) is 0 Å². The van der Waals surface area contributed by atoms with Crippen LogP contribution < -0.4 is 11.1 Å². The summed E-state index contributed by atoms with van der Waals surface area (Å²) in [4.78, 5) is 19.1. The van der Waals surface area contributed by atoms with Crippen molar-refractivity contribution in [3.8, 4) is 0 Å². The summed E-state index contributed by atoms with van der Waals surface area (Å²) in [5.41, 5.74) is 7.93. The van der Waals surface area contributed by atoms with Gasteiger partial charge in [-0.15, -0.1) is 0 Å². The smallest absolute Gasteiger partial charge is 0.328 e. The Hall–Kier alpha value is -1.42. The van der Waals surface area contributed by atoms with Gasteiger partial charge < -0.3 is 26.4 Å². The maximum atomic E-state index is 9.55. The van der Waals surface area contributed by atoms with E-state index in [1.807, 2.05) is 12.1 Å². The molecule has 0 bridgehead atoms. The number of nitrogens with one attached hydrogen (secondary N) is 1. The quantitative estimate of drug-likeness (QED) is 0.314. The summed E-state index contributed by atoms with van der Waals surface area (Å²) in [6.45, 7) is 0.768. The van der Waals surface area contributed by atoms with E-state index in [-0.39, 0.29) is 6.10 Å². The summed E-state index contributed by atoms with van der Waals surface area (Å²) in [6, 6.07) is 4.49. The van der Waals surface area contributed by atoms with E-state index in [4.69, 9.17) is 15.9 Å². The fourth-order valence-electron chi connectivity index (χ4n) is 2.46. The SMILES string of the molecule is Nc1c(Br)cc(Br)cc1CNC1CCC(O)CC1.O=C(O)/C=C\C(=O)O. The maximum Gasteiger partial charge on any atom is 0.328 e. The molecular weight excluding hydrogens is 472 g/mol. The van der Waals surface area contributed by atoms with Crippen molar-refractivity contribution in [2.75, 3.05) is 5.73 Å². The third kappa shape index (κ3) is 8.79. The fourth-order valence-corrected chi connectivity index (χ4v) is 3.77. The van der Waals surface area contributed by atoms with E-state index in [1.165, 1.54) is 0 Å². The van der Waals surface area contributed by atoms with Crippen LogP contribution in [0.2, 0.25) is 0 Å². The molecule has 1 saturated carbocycles. The number of carboxylic acid groups (broad SMARTS) is 2. The molecule has 0 aromatic heterocycles. The number of anilines is 1. The van der Waals surface area contributed by atoms with Gasteiger partial charge in [0.05, 0.1) is 11.8 Å². The topological polar surface area (TPSA) is 133 Å². The summed E-state index contributed by atoms with van der Waals surface area (Å²) in [5, 5.41) is 28.6. The van der Waals surface area contributed by atoms with Gasteiger partial charge in [0.25, 0.3) is 0 Å². The number of aliphatic carboxylic acids is 2. The number of halogens is 2. The van der Waals surface area contributed by atoms with Crippen LogP contribution >= 0.6 is 31.9 Å². The van der Waals surface area contributed by atoms with Crippen LogP contribution in [-0.4, -0.2) is 39.4 Å². The molecule has 9 heteroatoms. The average Bonchev–Trinajstić information content (AvgIpc) is 2.57. The van der Waals surface area contributed by atoms with Crippen molar-refractivity contribution in [1.82, 2.24) is 5.32 Å². The monoisotopic (exact) mass is 492 g/mol. The summed E-state index contributed by atoms with van der Waals surface area (Å²) >= 11 is 6.93. The van der Waals surface area contributed by atoms with Gasteiger partial charge in [0, 0.05) is 33.7 Å². The summed E-state index contributed by atoms with van der Waals surface area (Å²) < 4.78 is 1.95. The second kappa shape index (κ2) is 11.3. The normalized spacial score (nSPS) is 19.7. The van der Waals surface area contributed by atoms with Gasteiger partial charge >= 0.3 is 11.9 Å². The highest BCUT2D eigenvalue weighted by Gasteiger charge is 2.19. The summed E-state index contributed by atoms with van der Waals surface area (Å²) in [7, 11) is 0. The van der Waals surface area contributed by atoms with Gasteiger partial charge in [0.1, 0.15) is 0 Å². The highest BCUT2D eigenvalue weighted by atomic mass is 79.9. The molecule has 144 valence electrons. The molecule has 1 aromatic rings. The van der Waals surface area contributed by atoms with E-state index in [2.05, 4.69) is 37.2 Å². The zero-order valence-electron chi connectivity index (χ0n) is 14.0. The molecule has 0 unspecified atom stereocenters. The molecule has 0 spiro atoms. The zero-order valence-corrected chi connectivity index (χ0v) is 17.2. The second-order valence-electron chi connectivity index (χ2n) is 5.86. The Morgan fingerprint density at radius 2 is 1.65 bits per heavy atom. The molecule has 0 aliphatic heterocycles. The standard InChI is InChI=1S/C13H18Br2N2O.C4H4O4/c14-9-5-8(13(16)12(15)6-9)7-17-10-1-3-11(18)4-2-10;5-3(6)1-2-4(7)8/h5-6,10-11,17-18H,1-4,7,16H2;1-2H,(H,5,6)(H,7,8)/b;2-1-. The Kier molecular flexibility index (Phi) is 9.85. The number of hydrogen-bond donors (Lipinski definition) is 5. The van der Waals surface area contributed by atoms with Crippen LogP contribution in [0.5, 0.6) is 0 Å². The molecule has 26 heavy (non-hydrogen) atoms. The molecule has 1 fully saturated rings. The number of aliphatic hydroxyl groups excluding tert-OH is 1. The van der Waals surface area contributed by atoms with E-state index in [0.29, 0.717) is 18.2 Å². The highest BCUT2D eigenvalue weighted by molar-refractivity contribution is 9.11. The van der Waals surface area contributed by atoms with Crippen molar-refractivity contribution in [3.63, 3.8) is 0 Å². The second-order valence-corrected chi connectivity index (χ2v) is 7.63. The van der Waals surface area contributed by atoms with E-state index >= 15 is 0 Å². The number of nitrogen functional groups attached to an aromatic ring is 1. The van der Waals surface area contributed by atoms with Crippen LogP contribution in [0, 0.1) is 0 Å². The summed E-state index contributed by atoms with van der Waals surface area (Å²) in [5.74, 6) is -2.51. The van der Waals surface area contributed by atoms with E-state index in [9.17, 15) is 14.7 Å². The van der Waals surface area contributed by atoms with Crippen molar-refractivity contribution in [2.24, 2.45) is 0 Å². The number of carboxylic acids is 2. The molecule has 2 rings (SSSR count). The highest BCUT2D eigenvalue weighted by Crippen LogP contribution is 2.28. The molecule has 1 aromatic carbocycles. The van der Waals surface area contributed by atoms with Crippen molar-refractivity contribution < 1.29 is 24.9 Å². The minimum absolute atomic E-state index is 0.104. The minimum Gasteiger partial charge on any atom is -0.478 e. The predicted molar refractivity (Wildman–Crippen MR) is 106 cm³/mol. The van der Waals surface area contributed by atoms with E-state index in [0.717, 1.165) is 52.4 Å². The zero-order chi connectivity index (χ0) is 19.7. The lowest BCUT2D eigenvalue weighted by molar-refractivity contribution is -0.134. The predicted octanol–water partition coefficient (Wildman–Crippen LogP) is 2.90. The Morgan fingerprint density at radius 1 is 1.12 bits per heavy atom. The number of carbonyl (C=O) groups is 2. The Balaban J connectivity index is 0.000000359. The molecule has 7 nitrogen and oxygen atoms in total. The third-order valence-corrected chi connectivity index (χ3v) is 4.94. The maximum absolute atomic E-state index is 9.55. The van der Waals surface area contributed by atoms with Crippen LogP contribution in [0.4, 0.5) is 5.69 Å². The van der Waals surface area contributed by atoms with Gasteiger partial charge in [0.2, 0.25) is 0 Å². The van der Waals surface area contributed by atoms with Crippen LogP contribution in [0.1, 0.15) is 31.2 Å². The first-order valence-electron chi connectivity index (χ1n) is 7.97. The third-order valence-electron chi connectivity index (χ3n) is 3.83. The van der Waals surface area contributed by atoms with Crippen molar-refractivity contribution >= 4 is 49.5 Å². The first-order valence-corrected chi connectivity index (χ1v) is 9.56. The molecule has 0 atom stereocenters. The summed E-state index contributed by atoms with van der Waals surface area (Å²) in [6.07, 6.45) is 4.88. The number of aliphatic hydroxyl groups is 1. The Morgan fingerprint density at radius 3 is 2.15 bits per heavy atom. The number of benzene rings is 1. The molecule has 1 aliphatic carbocycles. The van der Waals surface area contributed by atoms with E-state index in [1.54, 1.807) is 0 Å². The minimum atomic E-state index is -1.26. The molecule has 0 saturated heterocycles. The van der Waals surface area contributed by atoms with Crippen molar-refractivity contribution in [2.45, 2.75) is 44.4 Å². The number of hydrogen-bond acceptors (Lipinski definition) is 5. The van der Waals surface area contributed by atoms with Gasteiger partial charge in [-0.1, -0.05) is 15.9 Å². The molecule has 0 heterocycles. The van der Waals surface area contributed by atoms with Crippen molar-refractivity contribution in [3.05, 3.63) is 38.8 Å². The van der Waals surface area contributed by atoms with Gasteiger partial charge in [-0.2, -0.15) is 0 Å². The van der Waals surface area contributed by atoms with Crippen LogP contribution in [0.3, 0.4) is 0 Å². The first kappa shape index (κ1) is 22.6. The lowest BCUT2D eigenvalue weighted by Gasteiger charge is -2.26. The lowest BCUT2D eigenvalue weighted by Crippen LogP contribution is -2.34. The first-order chi connectivity index (χ1) is 12.2. The average molecular weight is 494 g/mol. The molecule has 6 N–H and O–H groups in total. The van der Waals surface area contributed by atoms with Crippen LogP contribution in [0.15, 0.2) is 33.2 Å². The van der Waals surface area contributed by atoms with E-state index < -0.39 is 11.9 Å². The van der Waals surface area contributed by atoms with Crippen molar-refractivity contribution in [1.29, 1.82) is 0 Å². The molecule has 0 amide bonds. The fraction of sp³-hybridized carbons (Fsp3) is 0.412.